The molecule has 2 unspecified atom stereocenters. The summed E-state index contributed by atoms with van der Waals surface area (Å²) in [5, 5.41) is 37.1. The van der Waals surface area contributed by atoms with Crippen LogP contribution in [0.15, 0.2) is 48.7 Å². The van der Waals surface area contributed by atoms with Crippen LogP contribution in [-0.4, -0.2) is 90.6 Å². The van der Waals surface area contributed by atoms with Crippen molar-refractivity contribution in [3.05, 3.63) is 59.9 Å². The summed E-state index contributed by atoms with van der Waals surface area (Å²) in [5.74, 6) is -2.62. The monoisotopic (exact) mass is 670 g/mol. The van der Waals surface area contributed by atoms with Crippen molar-refractivity contribution < 1.29 is 29.4 Å². The first kappa shape index (κ1) is 35.7. The molecule has 4 amide bonds. The zero-order valence-electron chi connectivity index (χ0n) is 26.5. The molecule has 15 heteroatoms. The average molecular weight is 671 g/mol. The van der Waals surface area contributed by atoms with Crippen molar-refractivity contribution in [2.45, 2.75) is 87.7 Å². The van der Waals surface area contributed by atoms with Crippen molar-refractivity contribution >= 4 is 46.8 Å². The number of hydrogen-bond acceptors (Lipinski definition) is 9. The number of hydrogen-bond donors (Lipinski definition) is 6. The van der Waals surface area contributed by atoms with Crippen LogP contribution in [0.1, 0.15) is 74.5 Å². The van der Waals surface area contributed by atoms with Crippen molar-refractivity contribution in [2.24, 2.45) is 11.5 Å². The number of aromatic nitrogens is 3. The number of nitrogens with two attached hydrogens (primary N) is 2. The minimum Gasteiger partial charge on any atom is -0.384 e. The van der Waals surface area contributed by atoms with Crippen LogP contribution < -0.4 is 22.1 Å². The van der Waals surface area contributed by atoms with E-state index in [2.05, 4.69) is 20.9 Å². The number of nitrogens with one attached hydrogen (secondary N) is 2. The molecule has 1 aromatic heterocycles. The number of carbonyl (C=O) groups is 4. The van der Waals surface area contributed by atoms with Gasteiger partial charge in [0.1, 0.15) is 17.7 Å². The average Bonchev–Trinajstić information content (AvgIpc) is 3.71. The molecule has 0 bridgehead atoms. The molecule has 0 radical (unpaired) electrons. The van der Waals surface area contributed by atoms with E-state index >= 15 is 0 Å². The zero-order valence-corrected chi connectivity index (χ0v) is 27.3. The van der Waals surface area contributed by atoms with E-state index in [1.165, 1.54) is 15.8 Å². The van der Waals surface area contributed by atoms with Gasteiger partial charge in [0.05, 0.1) is 23.5 Å². The van der Waals surface area contributed by atoms with E-state index in [1.807, 2.05) is 30.3 Å². The number of carbonyl (C=O) groups excluding carboxylic acids is 4. The third kappa shape index (κ3) is 7.40. The fourth-order valence-corrected chi connectivity index (χ4v) is 6.68. The van der Waals surface area contributed by atoms with Crippen LogP contribution in [0.3, 0.4) is 0 Å². The largest absolute Gasteiger partial charge is 0.384 e. The van der Waals surface area contributed by atoms with Gasteiger partial charge in [0, 0.05) is 25.1 Å². The van der Waals surface area contributed by atoms with Gasteiger partial charge >= 0.3 is 0 Å². The van der Waals surface area contributed by atoms with Crippen LogP contribution in [0, 0.1) is 0 Å². The molecule has 1 saturated heterocycles. The first-order valence-corrected chi connectivity index (χ1v) is 15.6. The Morgan fingerprint density at radius 2 is 1.77 bits per heavy atom. The van der Waals surface area contributed by atoms with E-state index in [4.69, 9.17) is 11.5 Å². The van der Waals surface area contributed by atoms with Gasteiger partial charge in [-0.2, -0.15) is 0 Å². The lowest BCUT2D eigenvalue weighted by molar-refractivity contribution is -0.143. The molecule has 47 heavy (non-hydrogen) atoms. The minimum atomic E-state index is -1.62. The quantitative estimate of drug-likeness (QED) is 0.178. The Morgan fingerprint density at radius 3 is 2.40 bits per heavy atom. The molecular weight excluding hydrogens is 628 g/mol. The maximum Gasteiger partial charge on any atom is 0.251 e. The lowest BCUT2D eigenvalue weighted by Crippen LogP contribution is -2.64. The van der Waals surface area contributed by atoms with Crippen molar-refractivity contribution in [1.29, 1.82) is 0 Å². The summed E-state index contributed by atoms with van der Waals surface area (Å²) < 4.78 is 1.49. The summed E-state index contributed by atoms with van der Waals surface area (Å²) in [6.07, 6.45) is 2.79. The molecule has 2 heterocycles. The van der Waals surface area contributed by atoms with E-state index in [0.29, 0.717) is 36.9 Å². The molecule has 254 valence electrons. The first-order valence-electron chi connectivity index (χ1n) is 15.6. The SMILES string of the molecule is CC(C)(O)c1cnnn1[C@H]1C[C@@H](C(=O)NC2(C(O)C(N)=O)CCCCC2)N(C(=O)C(CN)NC(=O)c2ccc3ccccc3c2)C1.Cl. The van der Waals surface area contributed by atoms with Gasteiger partial charge in [-0.25, -0.2) is 4.68 Å². The van der Waals surface area contributed by atoms with Gasteiger partial charge < -0.3 is 37.2 Å². The van der Waals surface area contributed by atoms with Gasteiger partial charge in [-0.1, -0.05) is 54.8 Å². The van der Waals surface area contributed by atoms with E-state index in [-0.39, 0.29) is 31.9 Å². The van der Waals surface area contributed by atoms with Crippen molar-refractivity contribution in [2.75, 3.05) is 13.1 Å². The van der Waals surface area contributed by atoms with Crippen molar-refractivity contribution in [3.8, 4) is 0 Å². The highest BCUT2D eigenvalue weighted by Crippen LogP contribution is 2.35. The van der Waals surface area contributed by atoms with E-state index < -0.39 is 59.0 Å². The summed E-state index contributed by atoms with van der Waals surface area (Å²) in [7, 11) is 0. The first-order chi connectivity index (χ1) is 21.8. The molecule has 1 aliphatic heterocycles. The number of fused-ring (bicyclic) bond motifs is 1. The molecule has 0 spiro atoms. The van der Waals surface area contributed by atoms with Crippen LogP contribution in [0.4, 0.5) is 0 Å². The number of rotatable bonds is 10. The molecule has 2 fully saturated rings. The maximum atomic E-state index is 14.1. The third-order valence-electron chi connectivity index (χ3n) is 9.17. The molecule has 1 aliphatic carbocycles. The Morgan fingerprint density at radius 1 is 1.09 bits per heavy atom. The van der Waals surface area contributed by atoms with Gasteiger partial charge in [0.2, 0.25) is 17.7 Å². The Hall–Kier alpha value is -4.11. The lowest BCUT2D eigenvalue weighted by Gasteiger charge is -2.41. The fourth-order valence-electron chi connectivity index (χ4n) is 6.68. The molecule has 14 nitrogen and oxygen atoms in total. The number of aliphatic hydroxyl groups excluding tert-OH is 1. The predicted octanol–water partition coefficient (Wildman–Crippen LogP) is 0.645. The van der Waals surface area contributed by atoms with E-state index in [0.717, 1.165) is 17.2 Å². The van der Waals surface area contributed by atoms with Crippen molar-refractivity contribution in [1.82, 2.24) is 30.5 Å². The van der Waals surface area contributed by atoms with Gasteiger partial charge in [0.25, 0.3) is 5.91 Å². The number of likely N-dealkylation sites (tertiary alicyclic amines) is 1. The minimum absolute atomic E-state index is 0. The fraction of sp³-hybridized carbons (Fsp3) is 0.500. The predicted molar refractivity (Wildman–Crippen MR) is 175 cm³/mol. The molecule has 2 aliphatic rings. The van der Waals surface area contributed by atoms with Crippen molar-refractivity contribution in [3.63, 3.8) is 0 Å². The highest BCUT2D eigenvalue weighted by atomic mass is 35.5. The standard InChI is InChI=1S/C32H42N8O6.ClH/c1-31(2,46)25-17-35-38-40(25)22-15-24(29(44)37-32(26(41)27(34)42)12-6-3-7-13-32)39(18-22)30(45)23(16-33)36-28(43)21-11-10-19-8-4-5-9-20(19)14-21;/h4-5,8-11,14,17,22-24,26,41,46H,3,6-7,12-13,15-16,18,33H2,1-2H3,(H2,34,42)(H,36,43)(H,37,44);1H/t22-,23?,24-,26?;/m0./s1. The summed E-state index contributed by atoms with van der Waals surface area (Å²) >= 11 is 0. The number of nitrogens with zero attached hydrogens (tertiary/aromatic N) is 4. The zero-order chi connectivity index (χ0) is 33.2. The van der Waals surface area contributed by atoms with Crippen LogP contribution in [0.5, 0.6) is 0 Å². The summed E-state index contributed by atoms with van der Waals surface area (Å²) in [4.78, 5) is 54.9. The number of halogens is 1. The number of primary amides is 1. The second kappa shape index (κ2) is 14.3. The summed E-state index contributed by atoms with van der Waals surface area (Å²) in [5.41, 5.74) is 9.64. The molecule has 3 aromatic rings. The summed E-state index contributed by atoms with van der Waals surface area (Å²) in [6.45, 7) is 2.91. The van der Waals surface area contributed by atoms with Crippen LogP contribution in [0.25, 0.3) is 10.8 Å². The highest BCUT2D eigenvalue weighted by molar-refractivity contribution is 6.01. The van der Waals surface area contributed by atoms with Gasteiger partial charge in [-0.05, 0) is 49.6 Å². The van der Waals surface area contributed by atoms with E-state index in [1.54, 1.807) is 26.0 Å². The van der Waals surface area contributed by atoms with Gasteiger partial charge in [0.15, 0.2) is 6.10 Å². The smallest absolute Gasteiger partial charge is 0.251 e. The van der Waals surface area contributed by atoms with Crippen LogP contribution in [-0.2, 0) is 20.0 Å². The Balaban J connectivity index is 0.00000500. The molecule has 2 aromatic carbocycles. The molecule has 4 atom stereocenters. The molecule has 5 rings (SSSR count). The van der Waals surface area contributed by atoms with Crippen LogP contribution >= 0.6 is 12.4 Å². The topological polar surface area (TPSA) is 219 Å². The number of benzene rings is 2. The second-order valence-corrected chi connectivity index (χ2v) is 12.9. The van der Waals surface area contributed by atoms with E-state index in [9.17, 15) is 29.4 Å². The lowest BCUT2D eigenvalue weighted by atomic mass is 9.77. The molecule has 1 saturated carbocycles. The Kier molecular flexibility index (Phi) is 10.9. The Bertz CT molecular complexity index is 1620. The molecule has 8 N–H and O–H groups in total. The highest BCUT2D eigenvalue weighted by Gasteiger charge is 2.49. The third-order valence-corrected chi connectivity index (χ3v) is 9.17. The molecular formula is C32H43ClN8O6. The normalized spacial score (nSPS) is 20.6. The van der Waals surface area contributed by atoms with Crippen LogP contribution in [0.2, 0.25) is 0 Å². The maximum absolute atomic E-state index is 14.1. The number of aliphatic hydroxyl groups is 2. The van der Waals surface area contributed by atoms with Gasteiger partial charge in [-0.3, -0.25) is 19.2 Å². The second-order valence-electron chi connectivity index (χ2n) is 12.9. The Labute approximate surface area is 278 Å². The number of amides is 4. The van der Waals surface area contributed by atoms with Gasteiger partial charge in [-0.15, -0.1) is 17.5 Å². The summed E-state index contributed by atoms with van der Waals surface area (Å²) in [6, 6.07) is 9.95.